The Labute approximate surface area is 217 Å². The first kappa shape index (κ1) is 27.1. The summed E-state index contributed by atoms with van der Waals surface area (Å²) in [5.41, 5.74) is 1.18. The van der Waals surface area contributed by atoms with Crippen LogP contribution in [-0.2, 0) is 14.4 Å². The molecule has 0 radical (unpaired) electrons. The van der Waals surface area contributed by atoms with E-state index in [1.807, 2.05) is 6.07 Å². The molecule has 0 aliphatic carbocycles. The SMILES string of the molecule is CC(=O)Nc1ccc(-c2cc(O)c(C(=N)C(=O)Nc3ccc(C#N)cc3C(=O)O)cc2NC(C)=O)c(C)c1. The van der Waals surface area contributed by atoms with E-state index in [1.54, 1.807) is 25.1 Å². The van der Waals surface area contributed by atoms with Crippen molar-refractivity contribution in [2.75, 3.05) is 16.0 Å². The number of hydrogen-bond donors (Lipinski definition) is 6. The highest BCUT2D eigenvalue weighted by atomic mass is 16.4. The van der Waals surface area contributed by atoms with Crippen LogP contribution in [0.5, 0.6) is 5.75 Å². The van der Waals surface area contributed by atoms with Crippen molar-refractivity contribution in [3.05, 3.63) is 70.8 Å². The van der Waals surface area contributed by atoms with Crippen LogP contribution in [0.2, 0.25) is 0 Å². The molecule has 0 fully saturated rings. The second kappa shape index (κ2) is 11.0. The predicted octanol–water partition coefficient (Wildman–Crippen LogP) is 3.86. The van der Waals surface area contributed by atoms with Crippen LogP contribution in [0.1, 0.15) is 40.9 Å². The molecule has 11 nitrogen and oxygen atoms in total. The lowest BCUT2D eigenvalue weighted by atomic mass is 9.95. The van der Waals surface area contributed by atoms with Crippen LogP contribution in [0.15, 0.2) is 48.5 Å². The van der Waals surface area contributed by atoms with Gasteiger partial charge in [0.15, 0.2) is 0 Å². The number of rotatable bonds is 7. The van der Waals surface area contributed by atoms with Crippen molar-refractivity contribution >= 4 is 46.5 Å². The van der Waals surface area contributed by atoms with Crippen LogP contribution < -0.4 is 16.0 Å². The topological polar surface area (TPSA) is 192 Å². The summed E-state index contributed by atoms with van der Waals surface area (Å²) < 4.78 is 0. The largest absolute Gasteiger partial charge is 0.507 e. The number of aromatic hydroxyl groups is 1. The predicted molar refractivity (Wildman–Crippen MR) is 140 cm³/mol. The molecule has 0 saturated carbocycles. The number of hydrogen-bond acceptors (Lipinski definition) is 7. The van der Waals surface area contributed by atoms with E-state index < -0.39 is 29.2 Å². The number of carboxylic acid groups (broad SMARTS) is 1. The summed E-state index contributed by atoms with van der Waals surface area (Å²) in [5.74, 6) is -3.52. The van der Waals surface area contributed by atoms with Gasteiger partial charge in [-0.2, -0.15) is 5.26 Å². The zero-order valence-electron chi connectivity index (χ0n) is 20.6. The van der Waals surface area contributed by atoms with E-state index in [-0.39, 0.29) is 34.0 Å². The molecule has 192 valence electrons. The number of carbonyl (C=O) groups is 4. The number of anilines is 3. The van der Waals surface area contributed by atoms with Crippen molar-refractivity contribution in [3.63, 3.8) is 0 Å². The molecule has 3 amide bonds. The Balaban J connectivity index is 2.02. The normalized spacial score (nSPS) is 10.2. The van der Waals surface area contributed by atoms with Crippen LogP contribution in [0.4, 0.5) is 17.1 Å². The van der Waals surface area contributed by atoms with Crippen molar-refractivity contribution in [1.29, 1.82) is 10.7 Å². The Hall–Kier alpha value is -5.50. The Bertz CT molecular complexity index is 1550. The van der Waals surface area contributed by atoms with Crippen LogP contribution in [0.25, 0.3) is 11.1 Å². The molecule has 0 spiro atoms. The van der Waals surface area contributed by atoms with Crippen molar-refractivity contribution in [1.82, 2.24) is 0 Å². The fraction of sp³-hybridized carbons (Fsp3) is 0.111. The molecule has 3 aromatic carbocycles. The van der Waals surface area contributed by atoms with Crippen LogP contribution in [-0.4, -0.2) is 39.6 Å². The molecule has 0 aromatic heterocycles. The number of phenolic OH excluding ortho intramolecular Hbond substituents is 1. The number of nitriles is 1. The highest BCUT2D eigenvalue weighted by Crippen LogP contribution is 2.37. The summed E-state index contributed by atoms with van der Waals surface area (Å²) in [6.45, 7) is 4.43. The summed E-state index contributed by atoms with van der Waals surface area (Å²) >= 11 is 0. The van der Waals surface area contributed by atoms with Crippen molar-refractivity contribution in [2.45, 2.75) is 20.8 Å². The molecular formula is C27H23N5O6. The Morgan fingerprint density at radius 1 is 0.842 bits per heavy atom. The molecule has 11 heteroatoms. The molecule has 38 heavy (non-hydrogen) atoms. The van der Waals surface area contributed by atoms with Crippen LogP contribution in [0.3, 0.4) is 0 Å². The standard InChI is InChI=1S/C27H23N5O6/c1-13-8-17(30-14(2)33)5-6-18(13)19-11-24(35)21(10-23(19)31-15(3)34)25(29)26(36)32-22-7-4-16(12-28)9-20(22)27(37)38/h4-11,29,35H,1-3H3,(H,30,33)(H,31,34)(H,32,36)(H,37,38). The maximum atomic E-state index is 12.8. The van der Waals surface area contributed by atoms with E-state index in [4.69, 9.17) is 10.7 Å². The van der Waals surface area contributed by atoms with E-state index in [1.165, 1.54) is 38.1 Å². The zero-order chi connectivity index (χ0) is 28.1. The van der Waals surface area contributed by atoms with Gasteiger partial charge in [-0.25, -0.2) is 4.79 Å². The summed E-state index contributed by atoms with van der Waals surface area (Å²) in [5, 5.41) is 45.2. The Kier molecular flexibility index (Phi) is 7.88. The second-order valence-corrected chi connectivity index (χ2v) is 8.31. The van der Waals surface area contributed by atoms with E-state index in [9.17, 15) is 29.4 Å². The highest BCUT2D eigenvalue weighted by molar-refractivity contribution is 6.48. The molecule has 3 rings (SSSR count). The molecule has 0 aliphatic heterocycles. The third kappa shape index (κ3) is 6.00. The number of carbonyl (C=O) groups excluding carboxylic acids is 3. The third-order valence-corrected chi connectivity index (χ3v) is 5.41. The molecular weight excluding hydrogens is 490 g/mol. The van der Waals surface area contributed by atoms with Gasteiger partial charge in [0.2, 0.25) is 11.8 Å². The Morgan fingerprint density at radius 2 is 1.53 bits per heavy atom. The first-order valence-corrected chi connectivity index (χ1v) is 11.1. The maximum Gasteiger partial charge on any atom is 0.337 e. The smallest absolute Gasteiger partial charge is 0.337 e. The van der Waals surface area contributed by atoms with Gasteiger partial charge in [-0.05, 0) is 60.5 Å². The first-order valence-electron chi connectivity index (χ1n) is 11.1. The van der Waals surface area contributed by atoms with Gasteiger partial charge >= 0.3 is 5.97 Å². The van der Waals surface area contributed by atoms with E-state index in [0.29, 0.717) is 22.4 Å². The molecule has 0 saturated heterocycles. The minimum Gasteiger partial charge on any atom is -0.507 e. The summed E-state index contributed by atoms with van der Waals surface area (Å²) in [6.07, 6.45) is 0. The average Bonchev–Trinajstić information content (AvgIpc) is 2.84. The van der Waals surface area contributed by atoms with E-state index >= 15 is 0 Å². The van der Waals surface area contributed by atoms with Gasteiger partial charge in [0.1, 0.15) is 11.5 Å². The van der Waals surface area contributed by atoms with Gasteiger partial charge in [-0.15, -0.1) is 0 Å². The van der Waals surface area contributed by atoms with Gasteiger partial charge < -0.3 is 26.2 Å². The Morgan fingerprint density at radius 3 is 2.11 bits per heavy atom. The lowest BCUT2D eigenvalue weighted by molar-refractivity contribution is -0.115. The maximum absolute atomic E-state index is 12.8. The van der Waals surface area contributed by atoms with E-state index in [2.05, 4.69) is 16.0 Å². The number of benzene rings is 3. The molecule has 6 N–H and O–H groups in total. The fourth-order valence-electron chi connectivity index (χ4n) is 3.76. The van der Waals surface area contributed by atoms with Crippen molar-refractivity contribution in [3.8, 4) is 22.9 Å². The van der Waals surface area contributed by atoms with Crippen molar-refractivity contribution in [2.24, 2.45) is 0 Å². The zero-order valence-corrected chi connectivity index (χ0v) is 20.6. The fourth-order valence-corrected chi connectivity index (χ4v) is 3.76. The first-order chi connectivity index (χ1) is 17.9. The lowest BCUT2D eigenvalue weighted by Crippen LogP contribution is -2.24. The average molecular weight is 514 g/mol. The number of aromatic carboxylic acids is 1. The summed E-state index contributed by atoms with van der Waals surface area (Å²) in [4.78, 5) is 47.7. The second-order valence-electron chi connectivity index (χ2n) is 8.31. The number of aryl methyl sites for hydroxylation is 1. The number of nitrogens with one attached hydrogen (secondary N) is 4. The molecule has 0 heterocycles. The van der Waals surface area contributed by atoms with Gasteiger partial charge in [0.05, 0.1) is 22.9 Å². The van der Waals surface area contributed by atoms with Crippen LogP contribution >= 0.6 is 0 Å². The number of nitrogens with zero attached hydrogens (tertiary/aromatic N) is 1. The molecule has 0 bridgehead atoms. The number of phenols is 1. The van der Waals surface area contributed by atoms with Gasteiger partial charge in [0.25, 0.3) is 5.91 Å². The quantitative estimate of drug-likeness (QED) is 0.204. The van der Waals surface area contributed by atoms with Crippen LogP contribution in [0, 0.1) is 23.7 Å². The monoisotopic (exact) mass is 513 g/mol. The minimum atomic E-state index is -1.39. The van der Waals surface area contributed by atoms with Gasteiger partial charge in [-0.3, -0.25) is 19.8 Å². The molecule has 3 aromatic rings. The molecule has 0 atom stereocenters. The minimum absolute atomic E-state index is 0.0732. The highest BCUT2D eigenvalue weighted by Gasteiger charge is 2.22. The molecule has 0 aliphatic rings. The van der Waals surface area contributed by atoms with Gasteiger partial charge in [0, 0.05) is 36.3 Å². The molecule has 0 unspecified atom stereocenters. The summed E-state index contributed by atoms with van der Waals surface area (Å²) in [7, 11) is 0. The van der Waals surface area contributed by atoms with Gasteiger partial charge in [-0.1, -0.05) is 6.07 Å². The van der Waals surface area contributed by atoms with Crippen molar-refractivity contribution < 1.29 is 29.4 Å². The van der Waals surface area contributed by atoms with E-state index in [0.717, 1.165) is 6.07 Å². The number of amides is 3. The number of carboxylic acids is 1. The third-order valence-electron chi connectivity index (χ3n) is 5.41. The summed E-state index contributed by atoms with van der Waals surface area (Å²) in [6, 6.07) is 13.1. The lowest BCUT2D eigenvalue weighted by Gasteiger charge is -2.17.